The van der Waals surface area contributed by atoms with Gasteiger partial charge in [0.15, 0.2) is 0 Å². The van der Waals surface area contributed by atoms with Crippen molar-refractivity contribution in [2.24, 2.45) is 0 Å². The molecule has 0 saturated carbocycles. The minimum Gasteiger partial charge on any atom is -0.461 e. The molecule has 3 heterocycles. The fourth-order valence-corrected chi connectivity index (χ4v) is 3.89. The van der Waals surface area contributed by atoms with Gasteiger partial charge >= 0.3 is 12.2 Å². The smallest absolute Gasteiger partial charge is 0.416 e. The van der Waals surface area contributed by atoms with E-state index in [-0.39, 0.29) is 18.3 Å². The molecule has 8 nitrogen and oxygen atoms in total. The predicted octanol–water partition coefficient (Wildman–Crippen LogP) is 4.42. The Bertz CT molecular complexity index is 1150. The molecule has 4 rings (SSSR count). The average molecular weight is 477 g/mol. The van der Waals surface area contributed by atoms with Crippen LogP contribution < -0.4 is 20.7 Å². The van der Waals surface area contributed by atoms with Gasteiger partial charge in [0.2, 0.25) is 0 Å². The largest absolute Gasteiger partial charge is 0.461 e. The third kappa shape index (κ3) is 5.41. The number of nitrogens with one attached hydrogen (secondary N) is 1. The minimum absolute atomic E-state index is 0.0372. The Morgan fingerprint density at radius 2 is 1.88 bits per heavy atom. The van der Waals surface area contributed by atoms with Gasteiger partial charge in [-0.1, -0.05) is 0 Å². The zero-order valence-corrected chi connectivity index (χ0v) is 19.0. The zero-order chi connectivity index (χ0) is 24.3. The van der Waals surface area contributed by atoms with Crippen molar-refractivity contribution in [1.29, 1.82) is 0 Å². The van der Waals surface area contributed by atoms with E-state index < -0.39 is 17.8 Å². The molecule has 34 heavy (non-hydrogen) atoms. The maximum atomic E-state index is 13.3. The summed E-state index contributed by atoms with van der Waals surface area (Å²) >= 11 is 0. The number of methoxy groups -OCH3 is 1. The van der Waals surface area contributed by atoms with Crippen molar-refractivity contribution >= 4 is 28.2 Å². The van der Waals surface area contributed by atoms with Gasteiger partial charge in [-0.2, -0.15) is 23.1 Å². The van der Waals surface area contributed by atoms with Crippen LogP contribution >= 0.6 is 0 Å². The molecule has 1 aromatic carbocycles. The number of hydrogen-bond acceptors (Lipinski definition) is 8. The van der Waals surface area contributed by atoms with Crippen molar-refractivity contribution in [2.75, 3.05) is 49.4 Å². The summed E-state index contributed by atoms with van der Waals surface area (Å²) in [6, 6.07) is 5.02. The predicted molar refractivity (Wildman–Crippen MR) is 124 cm³/mol. The fraction of sp³-hybridized carbons (Fsp3) is 0.435. The van der Waals surface area contributed by atoms with Gasteiger partial charge in [-0.05, 0) is 49.6 Å². The molecule has 0 aliphatic carbocycles. The normalized spacial score (nSPS) is 15.0. The molecular formula is C23H27F3N6O2. The molecule has 0 radical (unpaired) electrons. The molecule has 1 saturated heterocycles. The molecule has 1 aliphatic rings. The van der Waals surface area contributed by atoms with E-state index in [1.54, 1.807) is 20.2 Å². The SMILES string of the molecule is COCCOc1nc(NC(C)c2cc(N)cc(C(F)(F)F)c2)c2cc(N3CCCC3)ncc2n1. The zero-order valence-electron chi connectivity index (χ0n) is 19.0. The molecule has 3 aromatic rings. The van der Waals surface area contributed by atoms with Crippen LogP contribution in [0.3, 0.4) is 0 Å². The monoisotopic (exact) mass is 476 g/mol. The van der Waals surface area contributed by atoms with Crippen molar-refractivity contribution in [3.8, 4) is 6.01 Å². The topological polar surface area (TPSA) is 98.4 Å². The van der Waals surface area contributed by atoms with Crippen LogP contribution in [-0.2, 0) is 10.9 Å². The number of pyridine rings is 1. The molecule has 11 heteroatoms. The minimum atomic E-state index is -4.50. The Kier molecular flexibility index (Phi) is 6.92. The summed E-state index contributed by atoms with van der Waals surface area (Å²) < 4.78 is 50.5. The number of nitrogens with zero attached hydrogens (tertiary/aromatic N) is 4. The van der Waals surface area contributed by atoms with Gasteiger partial charge < -0.3 is 25.4 Å². The maximum absolute atomic E-state index is 13.3. The lowest BCUT2D eigenvalue weighted by atomic mass is 10.0. The van der Waals surface area contributed by atoms with E-state index in [9.17, 15) is 13.2 Å². The Morgan fingerprint density at radius 1 is 1.12 bits per heavy atom. The van der Waals surface area contributed by atoms with Crippen LogP contribution in [0.4, 0.5) is 30.5 Å². The molecule has 0 amide bonds. The van der Waals surface area contributed by atoms with Gasteiger partial charge in [-0.3, -0.25) is 0 Å². The standard InChI is InChI=1S/C23H27F3N6O2/c1-14(15-9-16(23(24,25)26)11-17(27)10-15)29-21-18-12-20(32-5-3-4-6-32)28-13-19(18)30-22(31-21)34-8-7-33-2/h9-14H,3-8,27H2,1-2H3,(H,29,30,31). The van der Waals surface area contributed by atoms with E-state index in [0.717, 1.165) is 43.9 Å². The molecule has 0 spiro atoms. The summed E-state index contributed by atoms with van der Waals surface area (Å²) in [6.07, 6.45) is -0.640. The lowest BCUT2D eigenvalue weighted by Gasteiger charge is -2.20. The first-order chi connectivity index (χ1) is 16.2. The molecule has 1 aliphatic heterocycles. The van der Waals surface area contributed by atoms with Gasteiger partial charge in [0.1, 0.15) is 18.2 Å². The van der Waals surface area contributed by atoms with Crippen LogP contribution in [0, 0.1) is 0 Å². The number of aromatic nitrogens is 3. The van der Waals surface area contributed by atoms with Gasteiger partial charge in [0.05, 0.1) is 29.9 Å². The number of nitrogen functional groups attached to an aromatic ring is 1. The van der Waals surface area contributed by atoms with E-state index in [1.807, 2.05) is 6.07 Å². The highest BCUT2D eigenvalue weighted by molar-refractivity contribution is 5.91. The third-order valence-electron chi connectivity index (χ3n) is 5.65. The number of ether oxygens (including phenoxy) is 2. The lowest BCUT2D eigenvalue weighted by molar-refractivity contribution is -0.137. The Morgan fingerprint density at radius 3 is 2.59 bits per heavy atom. The first kappa shape index (κ1) is 23.8. The number of rotatable bonds is 8. The van der Waals surface area contributed by atoms with Crippen LogP contribution in [0.25, 0.3) is 10.9 Å². The second-order valence-corrected chi connectivity index (χ2v) is 8.20. The van der Waals surface area contributed by atoms with Crippen molar-refractivity contribution in [2.45, 2.75) is 32.0 Å². The van der Waals surface area contributed by atoms with Crippen LogP contribution in [0.2, 0.25) is 0 Å². The second kappa shape index (κ2) is 9.88. The summed E-state index contributed by atoms with van der Waals surface area (Å²) in [4.78, 5) is 15.7. The number of hydrogen-bond donors (Lipinski definition) is 2. The fourth-order valence-electron chi connectivity index (χ4n) is 3.89. The number of halogens is 3. The number of alkyl halides is 3. The molecular weight excluding hydrogens is 449 g/mol. The number of benzene rings is 1. The van der Waals surface area contributed by atoms with Crippen molar-refractivity contribution in [3.63, 3.8) is 0 Å². The summed E-state index contributed by atoms with van der Waals surface area (Å²) in [6.45, 7) is 4.19. The quantitative estimate of drug-likeness (QED) is 0.364. The average Bonchev–Trinajstić information content (AvgIpc) is 3.33. The summed E-state index contributed by atoms with van der Waals surface area (Å²) in [7, 11) is 1.56. The van der Waals surface area contributed by atoms with Crippen molar-refractivity contribution in [1.82, 2.24) is 15.0 Å². The van der Waals surface area contributed by atoms with E-state index >= 15 is 0 Å². The van der Waals surface area contributed by atoms with E-state index in [0.29, 0.717) is 28.9 Å². The molecule has 1 unspecified atom stereocenters. The molecule has 2 aromatic heterocycles. The first-order valence-electron chi connectivity index (χ1n) is 11.0. The first-order valence-corrected chi connectivity index (χ1v) is 11.0. The van der Waals surface area contributed by atoms with Crippen LogP contribution in [0.15, 0.2) is 30.5 Å². The van der Waals surface area contributed by atoms with Crippen LogP contribution in [0.1, 0.15) is 36.9 Å². The maximum Gasteiger partial charge on any atom is 0.416 e. The van der Waals surface area contributed by atoms with Gasteiger partial charge in [-0.25, -0.2) is 4.98 Å². The number of anilines is 3. The Hall–Kier alpha value is -3.34. The van der Waals surface area contributed by atoms with Crippen molar-refractivity contribution in [3.05, 3.63) is 41.6 Å². The highest BCUT2D eigenvalue weighted by Gasteiger charge is 2.31. The Labute approximate surface area is 195 Å². The number of nitrogens with two attached hydrogens (primary N) is 1. The molecule has 1 fully saturated rings. The lowest BCUT2D eigenvalue weighted by Crippen LogP contribution is -2.19. The van der Waals surface area contributed by atoms with Crippen LogP contribution in [0.5, 0.6) is 6.01 Å². The van der Waals surface area contributed by atoms with E-state index in [4.69, 9.17) is 15.2 Å². The second-order valence-electron chi connectivity index (χ2n) is 8.20. The van der Waals surface area contributed by atoms with Crippen LogP contribution in [-0.4, -0.2) is 48.4 Å². The number of fused-ring (bicyclic) bond motifs is 1. The molecule has 182 valence electrons. The summed E-state index contributed by atoms with van der Waals surface area (Å²) in [5.74, 6) is 1.24. The Balaban J connectivity index is 1.71. The van der Waals surface area contributed by atoms with Gasteiger partial charge in [0, 0.05) is 31.3 Å². The summed E-state index contributed by atoms with van der Waals surface area (Å²) in [5, 5.41) is 3.92. The highest BCUT2D eigenvalue weighted by atomic mass is 19.4. The van der Waals surface area contributed by atoms with Gasteiger partial charge in [-0.15, -0.1) is 0 Å². The third-order valence-corrected chi connectivity index (χ3v) is 5.65. The summed E-state index contributed by atoms with van der Waals surface area (Å²) in [5.41, 5.74) is 5.94. The molecule has 1 atom stereocenters. The van der Waals surface area contributed by atoms with E-state index in [2.05, 4.69) is 25.2 Å². The molecule has 0 bridgehead atoms. The highest BCUT2D eigenvalue weighted by Crippen LogP contribution is 2.34. The van der Waals surface area contributed by atoms with Gasteiger partial charge in [0.25, 0.3) is 0 Å². The van der Waals surface area contributed by atoms with E-state index in [1.165, 1.54) is 6.07 Å². The molecule has 3 N–H and O–H groups in total. The van der Waals surface area contributed by atoms with Crippen molar-refractivity contribution < 1.29 is 22.6 Å².